The van der Waals surface area contributed by atoms with Crippen molar-refractivity contribution in [2.45, 2.75) is 45.8 Å². The first-order valence-electron chi connectivity index (χ1n) is 6.85. The molecule has 3 atom stereocenters. The summed E-state index contributed by atoms with van der Waals surface area (Å²) < 4.78 is 0. The summed E-state index contributed by atoms with van der Waals surface area (Å²) in [7, 11) is 0. The van der Waals surface area contributed by atoms with Crippen molar-refractivity contribution in [2.75, 3.05) is 26.2 Å². The molecular weight excluding hydrogens is 228 g/mol. The van der Waals surface area contributed by atoms with Crippen molar-refractivity contribution in [2.24, 2.45) is 11.1 Å². The smallest absolute Gasteiger partial charge is 0.317 e. The molecule has 0 aromatic heterocycles. The third-order valence-electron chi connectivity index (χ3n) is 4.04. The van der Waals surface area contributed by atoms with Crippen molar-refractivity contribution >= 4 is 6.03 Å². The maximum atomic E-state index is 11.6. The lowest BCUT2D eigenvalue weighted by molar-refractivity contribution is 0.0300. The van der Waals surface area contributed by atoms with E-state index < -0.39 is 0 Å². The summed E-state index contributed by atoms with van der Waals surface area (Å²) in [4.78, 5) is 16.0. The third-order valence-corrected chi connectivity index (χ3v) is 4.04. The molecule has 2 rings (SSSR count). The molecule has 2 aliphatic rings. The fraction of sp³-hybridized carbons (Fsp3) is 0.923. The van der Waals surface area contributed by atoms with Crippen LogP contribution in [0.25, 0.3) is 0 Å². The molecule has 0 aromatic carbocycles. The van der Waals surface area contributed by atoms with Crippen molar-refractivity contribution in [1.82, 2.24) is 15.1 Å². The van der Waals surface area contributed by atoms with E-state index in [0.717, 1.165) is 26.2 Å². The Kier molecular flexibility index (Phi) is 3.56. The van der Waals surface area contributed by atoms with Gasteiger partial charge in [0, 0.05) is 38.3 Å². The molecule has 0 aromatic rings. The number of carbonyl (C=O) groups excluding carboxylic acids is 1. The van der Waals surface area contributed by atoms with Gasteiger partial charge in [-0.2, -0.15) is 0 Å². The minimum absolute atomic E-state index is 0.0905. The monoisotopic (exact) mass is 254 g/mol. The first-order chi connectivity index (χ1) is 8.30. The second kappa shape index (κ2) is 4.70. The Bertz CT molecular complexity index is 323. The number of fused-ring (bicyclic) bond motifs is 1. The van der Waals surface area contributed by atoms with E-state index in [-0.39, 0.29) is 17.5 Å². The number of hydrogen-bond acceptors (Lipinski definition) is 3. The summed E-state index contributed by atoms with van der Waals surface area (Å²) in [6, 6.07) is 0.902. The predicted molar refractivity (Wildman–Crippen MR) is 72.4 cm³/mol. The molecule has 0 saturated carbocycles. The maximum absolute atomic E-state index is 11.6. The highest BCUT2D eigenvalue weighted by molar-refractivity contribution is 5.77. The first kappa shape index (κ1) is 13.6. The van der Waals surface area contributed by atoms with Crippen LogP contribution in [0.15, 0.2) is 0 Å². The summed E-state index contributed by atoms with van der Waals surface area (Å²) in [5, 5.41) is 2.92. The van der Waals surface area contributed by atoms with Crippen LogP contribution in [0.4, 0.5) is 4.79 Å². The fourth-order valence-electron chi connectivity index (χ4n) is 3.55. The highest BCUT2D eigenvalue weighted by Crippen LogP contribution is 2.29. The zero-order valence-electron chi connectivity index (χ0n) is 11.9. The average molecular weight is 254 g/mol. The van der Waals surface area contributed by atoms with Crippen LogP contribution >= 0.6 is 0 Å². The molecule has 2 saturated heterocycles. The molecule has 3 unspecified atom stereocenters. The van der Waals surface area contributed by atoms with E-state index >= 15 is 0 Å². The van der Waals surface area contributed by atoms with E-state index in [2.05, 4.69) is 37.9 Å². The summed E-state index contributed by atoms with van der Waals surface area (Å²) in [6.45, 7) is 12.2. The van der Waals surface area contributed by atoms with Crippen molar-refractivity contribution in [3.05, 3.63) is 0 Å². The zero-order valence-corrected chi connectivity index (χ0v) is 11.9. The van der Waals surface area contributed by atoms with Gasteiger partial charge in [0.25, 0.3) is 0 Å². The Morgan fingerprint density at radius 3 is 2.61 bits per heavy atom. The average Bonchev–Trinajstić information content (AvgIpc) is 2.57. The molecule has 18 heavy (non-hydrogen) atoms. The maximum Gasteiger partial charge on any atom is 0.317 e. The quantitative estimate of drug-likeness (QED) is 0.752. The number of carbonyl (C=O) groups is 1. The lowest BCUT2D eigenvalue weighted by Crippen LogP contribution is -2.61. The minimum Gasteiger partial charge on any atom is -0.336 e. The topological polar surface area (TPSA) is 61.6 Å². The van der Waals surface area contributed by atoms with Gasteiger partial charge in [0.05, 0.1) is 6.04 Å². The molecule has 2 amide bonds. The van der Waals surface area contributed by atoms with Crippen LogP contribution in [-0.4, -0.2) is 60.1 Å². The SMILES string of the molecule is CC(N)C(N1CCN2C(=O)NCC2C1)C(C)(C)C. The number of amides is 2. The van der Waals surface area contributed by atoms with Gasteiger partial charge in [-0.15, -0.1) is 0 Å². The summed E-state index contributed by atoms with van der Waals surface area (Å²) in [5.41, 5.74) is 6.34. The molecule has 0 spiro atoms. The lowest BCUT2D eigenvalue weighted by Gasteiger charge is -2.47. The molecule has 0 aliphatic carbocycles. The predicted octanol–water partition coefficient (Wildman–Crippen LogP) is 0.458. The second-order valence-corrected chi connectivity index (χ2v) is 6.70. The second-order valence-electron chi connectivity index (χ2n) is 6.70. The standard InChI is InChI=1S/C13H26N4O/c1-9(14)11(13(2,3)4)16-5-6-17-10(8-16)7-15-12(17)18/h9-11H,5-8,14H2,1-4H3,(H,15,18). The molecule has 5 heteroatoms. The van der Waals surface area contributed by atoms with Crippen LogP contribution < -0.4 is 11.1 Å². The summed E-state index contributed by atoms with van der Waals surface area (Å²) in [6.07, 6.45) is 0. The van der Waals surface area contributed by atoms with Crippen molar-refractivity contribution in [3.63, 3.8) is 0 Å². The molecule has 0 bridgehead atoms. The van der Waals surface area contributed by atoms with Gasteiger partial charge in [-0.3, -0.25) is 4.90 Å². The van der Waals surface area contributed by atoms with Crippen LogP contribution in [0, 0.1) is 5.41 Å². The summed E-state index contributed by atoms with van der Waals surface area (Å²) >= 11 is 0. The van der Waals surface area contributed by atoms with Gasteiger partial charge in [-0.1, -0.05) is 20.8 Å². The number of nitrogens with two attached hydrogens (primary N) is 1. The Morgan fingerprint density at radius 2 is 2.06 bits per heavy atom. The number of piperazine rings is 1. The fourth-order valence-corrected chi connectivity index (χ4v) is 3.55. The van der Waals surface area contributed by atoms with Crippen molar-refractivity contribution < 1.29 is 4.79 Å². The number of urea groups is 1. The van der Waals surface area contributed by atoms with Crippen molar-refractivity contribution in [1.29, 1.82) is 0 Å². The molecular formula is C13H26N4O. The molecule has 3 N–H and O–H groups in total. The largest absolute Gasteiger partial charge is 0.336 e. The van der Waals surface area contributed by atoms with Gasteiger partial charge >= 0.3 is 6.03 Å². The number of hydrogen-bond donors (Lipinski definition) is 2. The van der Waals surface area contributed by atoms with E-state index in [1.165, 1.54) is 0 Å². The van der Waals surface area contributed by atoms with Gasteiger partial charge in [0.15, 0.2) is 0 Å². The van der Waals surface area contributed by atoms with Crippen LogP contribution in [-0.2, 0) is 0 Å². The Morgan fingerprint density at radius 1 is 1.39 bits per heavy atom. The minimum atomic E-state index is 0.0905. The van der Waals surface area contributed by atoms with E-state index in [0.29, 0.717) is 12.1 Å². The molecule has 5 nitrogen and oxygen atoms in total. The van der Waals surface area contributed by atoms with E-state index in [1.54, 1.807) is 0 Å². The van der Waals surface area contributed by atoms with Crippen molar-refractivity contribution in [3.8, 4) is 0 Å². The lowest BCUT2D eigenvalue weighted by atomic mass is 9.81. The zero-order chi connectivity index (χ0) is 13.5. The first-order valence-corrected chi connectivity index (χ1v) is 6.85. The molecule has 104 valence electrons. The molecule has 2 fully saturated rings. The van der Waals surface area contributed by atoms with Gasteiger partial charge in [-0.25, -0.2) is 4.79 Å². The Labute approximate surface area is 110 Å². The Hall–Kier alpha value is -0.810. The van der Waals surface area contributed by atoms with E-state index in [9.17, 15) is 4.79 Å². The summed E-state index contributed by atoms with van der Waals surface area (Å²) in [5.74, 6) is 0. The van der Waals surface area contributed by atoms with Gasteiger partial charge in [0.2, 0.25) is 0 Å². The highest BCUT2D eigenvalue weighted by Gasteiger charge is 2.41. The number of nitrogens with zero attached hydrogens (tertiary/aromatic N) is 2. The molecule has 2 aliphatic heterocycles. The third kappa shape index (κ3) is 2.47. The highest BCUT2D eigenvalue weighted by atomic mass is 16.2. The van der Waals surface area contributed by atoms with Crippen LogP contribution in [0.1, 0.15) is 27.7 Å². The van der Waals surface area contributed by atoms with Gasteiger partial charge in [-0.05, 0) is 12.3 Å². The van der Waals surface area contributed by atoms with Crippen LogP contribution in [0.2, 0.25) is 0 Å². The van der Waals surface area contributed by atoms with Gasteiger partial charge in [0.1, 0.15) is 0 Å². The van der Waals surface area contributed by atoms with Gasteiger partial charge < -0.3 is 16.0 Å². The van der Waals surface area contributed by atoms with Crippen LogP contribution in [0.3, 0.4) is 0 Å². The normalized spacial score (nSPS) is 28.8. The van der Waals surface area contributed by atoms with E-state index in [1.807, 2.05) is 4.90 Å². The molecule has 0 radical (unpaired) electrons. The number of rotatable bonds is 2. The van der Waals surface area contributed by atoms with E-state index in [4.69, 9.17) is 5.73 Å². The molecule has 2 heterocycles. The Balaban J connectivity index is 2.08. The van der Waals surface area contributed by atoms with Crippen LogP contribution in [0.5, 0.6) is 0 Å². The number of nitrogens with one attached hydrogen (secondary N) is 1.